The minimum Gasteiger partial charge on any atom is -0.341 e. The number of nitrogens with zero attached hydrogens (tertiary/aromatic N) is 5. The Bertz CT molecular complexity index is 1150. The number of carbonyl (C=O) groups excluding carboxylic acids is 2. The number of benzene rings is 1. The van der Waals surface area contributed by atoms with Gasteiger partial charge in [0.1, 0.15) is 6.54 Å². The van der Waals surface area contributed by atoms with Crippen molar-refractivity contribution in [2.45, 2.75) is 46.3 Å². The quantitative estimate of drug-likeness (QED) is 0.654. The van der Waals surface area contributed by atoms with E-state index < -0.39 is 0 Å². The molecule has 1 N–H and O–H groups in total. The number of aryl methyl sites for hydroxylation is 2. The fraction of sp³-hybridized carbons (Fsp3) is 0.455. The molecule has 1 fully saturated rings. The Balaban J connectivity index is 1.38. The third kappa shape index (κ3) is 4.12. The minimum absolute atomic E-state index is 0.0133. The zero-order valence-electron chi connectivity index (χ0n) is 18.0. The van der Waals surface area contributed by atoms with E-state index in [4.69, 9.17) is 0 Å². The SMILES string of the molecule is CCn1cc(NC(=O)C2CCN(C(=O)Cn3c(=O)n(CC)c4ccccc43)CC2)cn1. The van der Waals surface area contributed by atoms with Crippen LogP contribution in [0.3, 0.4) is 0 Å². The zero-order chi connectivity index (χ0) is 22.0. The average molecular weight is 425 g/mol. The van der Waals surface area contributed by atoms with Gasteiger partial charge in [0.05, 0.1) is 22.9 Å². The normalized spacial score (nSPS) is 14.8. The monoisotopic (exact) mass is 424 g/mol. The predicted octanol–water partition coefficient (Wildman–Crippen LogP) is 1.92. The maximum absolute atomic E-state index is 12.9. The number of carbonyl (C=O) groups is 2. The molecule has 164 valence electrons. The standard InChI is InChI=1S/C22H28N6O3/c1-3-26-14-17(13-23-26)24-21(30)16-9-11-25(12-10-16)20(29)15-28-19-8-6-5-7-18(19)27(4-2)22(28)31/h5-8,13-14,16H,3-4,9-12,15H2,1-2H3,(H,24,30). The van der Waals surface area contributed by atoms with E-state index in [1.165, 1.54) is 0 Å². The molecule has 0 bridgehead atoms. The summed E-state index contributed by atoms with van der Waals surface area (Å²) in [5.74, 6) is -0.270. The molecular formula is C22H28N6O3. The van der Waals surface area contributed by atoms with Gasteiger partial charge in [0, 0.05) is 38.3 Å². The molecule has 0 aliphatic carbocycles. The van der Waals surface area contributed by atoms with E-state index in [9.17, 15) is 14.4 Å². The van der Waals surface area contributed by atoms with Gasteiger partial charge in [-0.15, -0.1) is 0 Å². The number of fused-ring (bicyclic) bond motifs is 1. The molecule has 2 amide bonds. The lowest BCUT2D eigenvalue weighted by molar-refractivity contribution is -0.135. The number of hydrogen-bond donors (Lipinski definition) is 1. The van der Waals surface area contributed by atoms with E-state index in [0.29, 0.717) is 38.2 Å². The van der Waals surface area contributed by atoms with Crippen molar-refractivity contribution in [2.24, 2.45) is 5.92 Å². The Labute approximate surface area is 180 Å². The van der Waals surface area contributed by atoms with E-state index >= 15 is 0 Å². The second-order valence-corrected chi connectivity index (χ2v) is 7.83. The Morgan fingerprint density at radius 1 is 1.06 bits per heavy atom. The van der Waals surface area contributed by atoms with Crippen LogP contribution in [0.25, 0.3) is 11.0 Å². The zero-order valence-corrected chi connectivity index (χ0v) is 18.0. The number of likely N-dealkylation sites (tertiary alicyclic amines) is 1. The molecule has 9 heteroatoms. The van der Waals surface area contributed by atoms with Gasteiger partial charge < -0.3 is 10.2 Å². The number of amides is 2. The second-order valence-electron chi connectivity index (χ2n) is 7.83. The first-order valence-corrected chi connectivity index (χ1v) is 10.8. The largest absolute Gasteiger partial charge is 0.341 e. The predicted molar refractivity (Wildman–Crippen MR) is 118 cm³/mol. The van der Waals surface area contributed by atoms with Gasteiger partial charge in [-0.1, -0.05) is 12.1 Å². The third-order valence-electron chi connectivity index (χ3n) is 5.98. The van der Waals surface area contributed by atoms with Gasteiger partial charge in [-0.05, 0) is 38.8 Å². The van der Waals surface area contributed by atoms with Gasteiger partial charge in [-0.2, -0.15) is 5.10 Å². The molecule has 0 spiro atoms. The van der Waals surface area contributed by atoms with Crippen LogP contribution in [-0.4, -0.2) is 48.7 Å². The van der Waals surface area contributed by atoms with E-state index in [2.05, 4.69) is 10.4 Å². The number of hydrogen-bond acceptors (Lipinski definition) is 4. The summed E-state index contributed by atoms with van der Waals surface area (Å²) in [6.45, 7) is 6.23. The van der Waals surface area contributed by atoms with Crippen molar-refractivity contribution in [3.05, 3.63) is 47.1 Å². The molecule has 2 aromatic heterocycles. The molecule has 1 aliphatic heterocycles. The number of imidazole rings is 1. The maximum Gasteiger partial charge on any atom is 0.329 e. The average Bonchev–Trinajstić information content (AvgIpc) is 3.35. The number of rotatable bonds is 6. The molecule has 4 rings (SSSR count). The number of aromatic nitrogens is 4. The Kier molecular flexibility index (Phi) is 5.92. The van der Waals surface area contributed by atoms with Crippen molar-refractivity contribution in [3.8, 4) is 0 Å². The maximum atomic E-state index is 12.9. The van der Waals surface area contributed by atoms with Gasteiger partial charge in [0.15, 0.2) is 0 Å². The molecule has 0 saturated carbocycles. The summed E-state index contributed by atoms with van der Waals surface area (Å²) in [5.41, 5.74) is 2.13. The van der Waals surface area contributed by atoms with Crippen LogP contribution in [0.4, 0.5) is 5.69 Å². The summed E-state index contributed by atoms with van der Waals surface area (Å²) in [5, 5.41) is 7.08. The molecule has 3 heterocycles. The van der Waals surface area contributed by atoms with Gasteiger partial charge in [-0.25, -0.2) is 4.79 Å². The first-order chi connectivity index (χ1) is 15.0. The summed E-state index contributed by atoms with van der Waals surface area (Å²) < 4.78 is 4.99. The van der Waals surface area contributed by atoms with Crippen molar-refractivity contribution < 1.29 is 9.59 Å². The number of piperidine rings is 1. The number of para-hydroxylation sites is 2. The summed E-state index contributed by atoms with van der Waals surface area (Å²) in [6.07, 6.45) is 4.65. The van der Waals surface area contributed by atoms with Crippen molar-refractivity contribution in [2.75, 3.05) is 18.4 Å². The van der Waals surface area contributed by atoms with Crippen LogP contribution in [0, 0.1) is 5.92 Å². The van der Waals surface area contributed by atoms with Crippen LogP contribution in [0.15, 0.2) is 41.5 Å². The fourth-order valence-electron chi connectivity index (χ4n) is 4.20. The molecule has 0 unspecified atom stereocenters. The topological polar surface area (TPSA) is 94.2 Å². The lowest BCUT2D eigenvalue weighted by atomic mass is 9.96. The molecule has 0 radical (unpaired) electrons. The van der Waals surface area contributed by atoms with Crippen LogP contribution < -0.4 is 11.0 Å². The van der Waals surface area contributed by atoms with E-state index in [0.717, 1.165) is 17.6 Å². The number of anilines is 1. The van der Waals surface area contributed by atoms with Crippen molar-refractivity contribution in [1.82, 2.24) is 23.8 Å². The lowest BCUT2D eigenvalue weighted by Crippen LogP contribution is -2.43. The van der Waals surface area contributed by atoms with Crippen molar-refractivity contribution in [3.63, 3.8) is 0 Å². The molecule has 31 heavy (non-hydrogen) atoms. The van der Waals surface area contributed by atoms with Gasteiger partial charge in [-0.3, -0.25) is 23.4 Å². The summed E-state index contributed by atoms with van der Waals surface area (Å²) in [7, 11) is 0. The van der Waals surface area contributed by atoms with E-state index in [1.54, 1.807) is 31.1 Å². The van der Waals surface area contributed by atoms with E-state index in [1.807, 2.05) is 38.1 Å². The molecule has 1 aliphatic rings. The Morgan fingerprint density at radius 2 is 1.74 bits per heavy atom. The lowest BCUT2D eigenvalue weighted by Gasteiger charge is -2.31. The van der Waals surface area contributed by atoms with Crippen molar-refractivity contribution >= 4 is 28.5 Å². The summed E-state index contributed by atoms with van der Waals surface area (Å²) in [4.78, 5) is 40.0. The van der Waals surface area contributed by atoms with Crippen LogP contribution in [0.5, 0.6) is 0 Å². The van der Waals surface area contributed by atoms with Crippen LogP contribution >= 0.6 is 0 Å². The van der Waals surface area contributed by atoms with E-state index in [-0.39, 0.29) is 30.0 Å². The highest BCUT2D eigenvalue weighted by Gasteiger charge is 2.28. The van der Waals surface area contributed by atoms with Crippen molar-refractivity contribution in [1.29, 1.82) is 0 Å². The van der Waals surface area contributed by atoms with Gasteiger partial charge in [0.25, 0.3) is 0 Å². The highest BCUT2D eigenvalue weighted by atomic mass is 16.2. The third-order valence-corrected chi connectivity index (χ3v) is 5.98. The first kappa shape index (κ1) is 20.9. The van der Waals surface area contributed by atoms with Crippen LogP contribution in [-0.2, 0) is 29.2 Å². The number of nitrogens with one attached hydrogen (secondary N) is 1. The fourth-order valence-corrected chi connectivity index (χ4v) is 4.20. The smallest absolute Gasteiger partial charge is 0.329 e. The first-order valence-electron chi connectivity index (χ1n) is 10.8. The molecule has 9 nitrogen and oxygen atoms in total. The Hall–Kier alpha value is -3.36. The molecule has 1 saturated heterocycles. The summed E-state index contributed by atoms with van der Waals surface area (Å²) >= 11 is 0. The highest BCUT2D eigenvalue weighted by Crippen LogP contribution is 2.20. The van der Waals surface area contributed by atoms with Crippen LogP contribution in [0.2, 0.25) is 0 Å². The highest BCUT2D eigenvalue weighted by molar-refractivity contribution is 5.92. The molecule has 0 atom stereocenters. The summed E-state index contributed by atoms with van der Waals surface area (Å²) in [6, 6.07) is 7.53. The molecule has 3 aromatic rings. The van der Waals surface area contributed by atoms with Gasteiger partial charge in [0.2, 0.25) is 11.8 Å². The molecule has 1 aromatic carbocycles. The van der Waals surface area contributed by atoms with Gasteiger partial charge >= 0.3 is 5.69 Å². The Morgan fingerprint density at radius 3 is 2.35 bits per heavy atom. The molecular weight excluding hydrogens is 396 g/mol. The minimum atomic E-state index is -0.168. The second kappa shape index (κ2) is 8.79. The van der Waals surface area contributed by atoms with Crippen LogP contribution in [0.1, 0.15) is 26.7 Å².